The maximum atomic E-state index is 15.1. The maximum absolute atomic E-state index is 15.1. The number of rotatable bonds is 65. The number of H-pyrrole nitrogens is 1. The average molecular weight is 2130 g/mol. The zero-order chi connectivity index (χ0) is 111. The van der Waals surface area contributed by atoms with Crippen LogP contribution < -0.4 is 107 Å². The Morgan fingerprint density at radius 2 is 0.811 bits per heavy atom. The summed E-state index contributed by atoms with van der Waals surface area (Å²) in [5.41, 5.74) is 13.4. The van der Waals surface area contributed by atoms with Crippen molar-refractivity contribution in [1.82, 2.24) is 106 Å². The van der Waals surface area contributed by atoms with Gasteiger partial charge in [0, 0.05) is 48.8 Å². The van der Waals surface area contributed by atoms with Gasteiger partial charge in [-0.1, -0.05) is 124 Å². The Balaban J connectivity index is 1.59. The Morgan fingerprint density at radius 3 is 1.28 bits per heavy atom. The highest BCUT2D eigenvalue weighted by Gasteiger charge is 2.45. The minimum Gasteiger partial charge on any atom is -0.480 e. The van der Waals surface area contributed by atoms with Crippen LogP contribution in [0.25, 0.3) is 10.9 Å². The van der Waals surface area contributed by atoms with Crippen molar-refractivity contribution in [2.24, 2.45) is 41.1 Å². The van der Waals surface area contributed by atoms with Crippen LogP contribution in [0.3, 0.4) is 0 Å². The number of nitrogens with two attached hydrogens (primary N) is 2. The fraction of sp³-hybridized carbons (Fsp3) is 0.646. The van der Waals surface area contributed by atoms with Crippen molar-refractivity contribution in [2.45, 2.75) is 307 Å². The summed E-state index contributed by atoms with van der Waals surface area (Å²) >= 11 is 5.44. The number of hydrogen-bond acceptors (Lipinski definition) is 30. The number of amides is 18. The lowest BCUT2D eigenvalue weighted by atomic mass is 9.95. The number of aromatic nitrogens is 1. The summed E-state index contributed by atoms with van der Waals surface area (Å²) in [6, 6.07) is -13.6. The first-order chi connectivity index (χ1) is 69.6. The molecule has 148 heavy (non-hydrogen) atoms. The van der Waals surface area contributed by atoms with Gasteiger partial charge in [-0.2, -0.15) is 24.4 Å². The molecule has 52 heteroatoms. The Hall–Kier alpha value is -12.4. The molecule has 3 aromatic rings. The second-order valence-corrected chi connectivity index (χ2v) is 40.0. The number of carboxylic acids is 1. The highest BCUT2D eigenvalue weighted by molar-refractivity contribution is 7.98. The fourth-order valence-electron chi connectivity index (χ4n) is 15.9. The lowest BCUT2D eigenvalue weighted by Crippen LogP contribution is -2.63. The standard InChI is InChI=1S/C96H155N23O27S2/c1-16-50(10)73(114-94(145)76(53(13)125)117-85(136)65(38-55-24-18-17-19-25-55)105-78(129)58(97)34-46(2)3)91(142)108-62(35-47(4)5)82(133)106-64(37-49(8)9)84(135)115-75(52(12)124)93(144)109-63(36-48(6)7)83(134)107-66(39-56-40-101-59-27-21-20-26-57(56)59)86(137)116-74(51(11)123)92(143)104-61(30-33-148-15)81(132)103-60(28-22-31-100-96(98)99)80(131)113-70(45-147)89(140)111-68(43-121)87(138)110-69(44-122)88(139)118-77(54(14)126)95(146)119-32-23-29-71(119)90(141)112-67(42-120)79(130)102-41-72(127)128/h17-21,24-27,40,46-54,58,60-71,73-77,101,120-126,147H,16,22-23,28-39,41-45,97H2,1-15H3,(H,102,130)(H,103,132)(H,104,143)(H,105,129)(H,106,133)(H,107,134)(H,108,142)(H,109,144)(H,110,138)(H,111,140)(H,112,141)(H,113,131)(H,114,145)(H,115,135)(H,116,137)(H,117,136)(H,118,139)(H,127,128)(H4,98,99,100)/t50-,51+,52+,53+,54+,58-,60-,61-,62-,63-,64-,65-,66-,67-,68-,69-,70-,71-,73-,74-,75-,76-,77-/m0/s1. The molecule has 4 rings (SSSR count). The number of nitrogens with one attached hydrogen (secondary N) is 20. The van der Waals surface area contributed by atoms with Crippen LogP contribution in [0, 0.1) is 35.0 Å². The molecule has 1 fully saturated rings. The van der Waals surface area contributed by atoms with Crippen molar-refractivity contribution < 1.29 is 132 Å². The van der Waals surface area contributed by atoms with E-state index in [-0.39, 0.29) is 107 Å². The molecule has 1 aromatic heterocycles. The summed E-state index contributed by atoms with van der Waals surface area (Å²) in [6.07, 6.45) is -4.01. The van der Waals surface area contributed by atoms with Crippen molar-refractivity contribution in [1.29, 1.82) is 5.41 Å². The highest BCUT2D eigenvalue weighted by atomic mass is 32.2. The monoisotopic (exact) mass is 2130 g/mol. The number of carbonyl (C=O) groups excluding carboxylic acids is 18. The molecule has 1 aliphatic rings. The first kappa shape index (κ1) is 128. The van der Waals surface area contributed by atoms with Gasteiger partial charge in [-0.15, -0.1) is 0 Å². The predicted octanol–water partition coefficient (Wildman–Crippen LogP) is -7.09. The molecule has 0 radical (unpaired) electrons. The van der Waals surface area contributed by atoms with Crippen LogP contribution in [0.5, 0.6) is 0 Å². The number of carbonyl (C=O) groups is 19. The van der Waals surface area contributed by atoms with E-state index < -0.39 is 295 Å². The third kappa shape index (κ3) is 42.3. The van der Waals surface area contributed by atoms with Crippen LogP contribution in [0.2, 0.25) is 0 Å². The minimum absolute atomic E-state index is 0.00943. The third-order valence-corrected chi connectivity index (χ3v) is 25.1. The van der Waals surface area contributed by atoms with Gasteiger partial charge in [0.05, 0.1) is 50.3 Å². The molecule has 0 unspecified atom stereocenters. The quantitative estimate of drug-likeness (QED) is 0.0108. The SMILES string of the molecule is CC[C@H](C)[C@H](NC(=O)[C@@H](NC(=O)[C@H](Cc1ccccc1)NC(=O)[C@@H](N)CC(C)C)[C@@H](C)O)C(=O)N[C@@H](CC(C)C)C(=O)N[C@@H](CC(C)C)C(=O)N[C@H](C(=O)N[C@@H](CC(C)C)C(=O)N[C@@H](Cc1c[nH]c2ccccc12)C(=O)N[C@H](C(=O)N[C@@H](CCSC)C(=O)N[C@@H](CCCNC(=N)N)C(=O)N[C@@H](CS)C(=O)N[C@@H](CO)C(=O)N[C@@H](CO)C(=O)N[C@H](C(=O)N1CCC[C@H]1C(=O)N[C@@H](CO)C(=O)NCC(=O)O)[C@@H](C)O)[C@@H](C)O)[C@@H](C)O. The number of hydrogen-bond donors (Lipinski definition) is 31. The summed E-state index contributed by atoms with van der Waals surface area (Å²) in [6.45, 7) is 17.7. The number of likely N-dealkylation sites (tertiary alicyclic amines) is 1. The molecular weight excluding hydrogens is 1970 g/mol. The number of para-hydroxylation sites is 1. The third-order valence-electron chi connectivity index (χ3n) is 24.1. The molecule has 0 aliphatic carbocycles. The van der Waals surface area contributed by atoms with E-state index >= 15 is 9.59 Å². The zero-order valence-electron chi connectivity index (χ0n) is 86.3. The van der Waals surface area contributed by atoms with Gasteiger partial charge in [0.1, 0.15) is 109 Å². The molecule has 23 atom stereocenters. The van der Waals surface area contributed by atoms with Crippen LogP contribution in [0.15, 0.2) is 60.8 Å². The van der Waals surface area contributed by atoms with E-state index in [0.29, 0.717) is 28.5 Å². The molecule has 0 spiro atoms. The second-order valence-electron chi connectivity index (χ2n) is 38.6. The van der Waals surface area contributed by atoms with Crippen LogP contribution in [-0.2, 0) is 104 Å². The van der Waals surface area contributed by atoms with Crippen LogP contribution in [0.4, 0.5) is 0 Å². The molecule has 50 nitrogen and oxygen atoms in total. The smallest absolute Gasteiger partial charge is 0.322 e. The van der Waals surface area contributed by atoms with E-state index in [9.17, 15) is 117 Å². The summed E-state index contributed by atoms with van der Waals surface area (Å²) in [4.78, 5) is 271. The second kappa shape index (κ2) is 64.1. The van der Waals surface area contributed by atoms with Crippen molar-refractivity contribution in [2.75, 3.05) is 57.2 Å². The van der Waals surface area contributed by atoms with Crippen molar-refractivity contribution >= 4 is 154 Å². The minimum atomic E-state index is -1.98. The van der Waals surface area contributed by atoms with Crippen LogP contribution in [0.1, 0.15) is 172 Å². The zero-order valence-corrected chi connectivity index (χ0v) is 88.0. The van der Waals surface area contributed by atoms with E-state index in [0.717, 1.165) is 18.7 Å². The normalized spacial score (nSPS) is 16.9. The molecule has 828 valence electrons. The Morgan fingerprint density at radius 1 is 0.439 bits per heavy atom. The summed E-state index contributed by atoms with van der Waals surface area (Å²) < 4.78 is 0. The highest BCUT2D eigenvalue weighted by Crippen LogP contribution is 2.24. The molecular formula is C96H155N23O27S2. The largest absolute Gasteiger partial charge is 0.480 e. The van der Waals surface area contributed by atoms with Gasteiger partial charge in [0.25, 0.3) is 0 Å². The molecule has 18 amide bonds. The van der Waals surface area contributed by atoms with E-state index in [1.165, 1.54) is 25.6 Å². The van der Waals surface area contributed by atoms with Gasteiger partial charge in [-0.25, -0.2) is 0 Å². The van der Waals surface area contributed by atoms with Gasteiger partial charge in [0.15, 0.2) is 5.96 Å². The molecule has 2 heterocycles. The number of nitrogens with zero attached hydrogens (tertiary/aromatic N) is 1. The average Bonchev–Trinajstić information content (AvgIpc) is 1.62. The van der Waals surface area contributed by atoms with Gasteiger partial charge in [-0.3, -0.25) is 96.5 Å². The maximum Gasteiger partial charge on any atom is 0.322 e. The van der Waals surface area contributed by atoms with E-state index in [2.05, 4.69) is 108 Å². The van der Waals surface area contributed by atoms with Crippen LogP contribution in [-0.4, -0.2) is 359 Å². The van der Waals surface area contributed by atoms with Crippen molar-refractivity contribution in [3.05, 3.63) is 71.9 Å². The number of benzene rings is 2. The number of carboxylic acid groups (broad SMARTS) is 1. The fourth-order valence-corrected chi connectivity index (χ4v) is 16.6. The summed E-state index contributed by atoms with van der Waals surface area (Å²) in [7, 11) is 0. The first-order valence-corrected chi connectivity index (χ1v) is 51.4. The summed E-state index contributed by atoms with van der Waals surface area (Å²) in [5, 5.41) is 137. The van der Waals surface area contributed by atoms with E-state index in [4.69, 9.17) is 22.0 Å². The lowest BCUT2D eigenvalue weighted by Gasteiger charge is -2.31. The molecule has 32 N–H and O–H groups in total. The predicted molar refractivity (Wildman–Crippen MR) is 548 cm³/mol. The lowest BCUT2D eigenvalue weighted by molar-refractivity contribution is -0.145. The Labute approximate surface area is 869 Å². The number of guanidine groups is 1. The molecule has 0 saturated carbocycles. The topological polar surface area (TPSA) is 798 Å². The number of aliphatic hydroxyl groups is 7. The molecule has 0 bridgehead atoms. The Kier molecular flexibility index (Phi) is 55.3. The van der Waals surface area contributed by atoms with E-state index in [1.807, 2.05) is 19.2 Å². The number of aliphatic hydroxyl groups excluding tert-OH is 7. The van der Waals surface area contributed by atoms with E-state index in [1.54, 1.807) is 122 Å². The van der Waals surface area contributed by atoms with Crippen molar-refractivity contribution in [3.8, 4) is 0 Å². The Bertz CT molecular complexity index is 4940. The van der Waals surface area contributed by atoms with Crippen molar-refractivity contribution in [3.63, 3.8) is 0 Å². The number of thiol groups is 1. The first-order valence-electron chi connectivity index (χ1n) is 49.4. The molecule has 2 aromatic carbocycles. The van der Waals surface area contributed by atoms with Crippen LogP contribution >= 0.6 is 24.4 Å². The number of thioether (sulfide) groups is 1. The van der Waals surface area contributed by atoms with Gasteiger partial charge in [0.2, 0.25) is 106 Å². The summed E-state index contributed by atoms with van der Waals surface area (Å²) in [5.74, 6) is -22.7. The number of aliphatic carboxylic acids is 1. The molecule has 1 saturated heterocycles. The van der Waals surface area contributed by atoms with Gasteiger partial charge < -0.3 is 158 Å². The molecule has 1 aliphatic heterocycles. The number of fused-ring (bicyclic) bond motifs is 1. The van der Waals surface area contributed by atoms with Gasteiger partial charge >= 0.3 is 5.97 Å². The number of aromatic amines is 1. The van der Waals surface area contributed by atoms with Gasteiger partial charge in [-0.05, 0) is 144 Å².